The number of rotatable bonds is 3. The molecule has 0 heterocycles. The average molecular weight is 214 g/mol. The minimum atomic E-state index is -1.38. The fourth-order valence-corrected chi connectivity index (χ4v) is 1.08. The molecule has 7 heteroatoms. The zero-order chi connectivity index (χ0) is 11.6. The molecule has 0 bridgehead atoms. The van der Waals surface area contributed by atoms with Gasteiger partial charge in [-0.3, -0.25) is 10.1 Å². The van der Waals surface area contributed by atoms with Gasteiger partial charge in [0.1, 0.15) is 5.82 Å². The average Bonchev–Trinajstić information content (AvgIpc) is 2.09. The van der Waals surface area contributed by atoms with E-state index in [9.17, 15) is 19.3 Å². The minimum Gasteiger partial charge on any atom is -0.478 e. The lowest BCUT2D eigenvalue weighted by Crippen LogP contribution is -2.07. The maximum atomic E-state index is 13.1. The molecule has 1 aromatic rings. The molecule has 0 fully saturated rings. The summed E-state index contributed by atoms with van der Waals surface area (Å²) in [5.74, 6) is -2.32. The second-order valence-electron chi connectivity index (χ2n) is 2.83. The molecule has 1 aromatic carbocycles. The smallest absolute Gasteiger partial charge is 0.337 e. The number of carboxylic acids is 1. The van der Waals surface area contributed by atoms with E-state index < -0.39 is 28.8 Å². The van der Waals surface area contributed by atoms with E-state index in [1.165, 1.54) is 0 Å². The van der Waals surface area contributed by atoms with Gasteiger partial charge in [0.05, 0.1) is 11.1 Å². The van der Waals surface area contributed by atoms with Crippen LogP contribution in [0.4, 0.5) is 10.1 Å². The number of carbonyl (C=O) groups is 1. The van der Waals surface area contributed by atoms with Gasteiger partial charge in [0.15, 0.2) is 0 Å². The van der Waals surface area contributed by atoms with Crippen LogP contribution in [0.2, 0.25) is 0 Å². The third kappa shape index (κ3) is 2.39. The number of anilines is 1. The van der Waals surface area contributed by atoms with Crippen LogP contribution in [0.1, 0.15) is 15.9 Å². The van der Waals surface area contributed by atoms with Gasteiger partial charge in [-0.05, 0) is 12.1 Å². The quantitative estimate of drug-likeness (QED) is 0.441. The maximum Gasteiger partial charge on any atom is 0.337 e. The second kappa shape index (κ2) is 3.91. The van der Waals surface area contributed by atoms with Gasteiger partial charge < -0.3 is 10.8 Å². The molecule has 0 unspecified atom stereocenters. The van der Waals surface area contributed by atoms with Crippen LogP contribution in [-0.2, 0) is 6.54 Å². The first kappa shape index (κ1) is 10.9. The first-order valence-corrected chi connectivity index (χ1v) is 3.85. The SMILES string of the molecule is Nc1cc(C[N+](=O)[O-])c(F)cc1C(=O)O. The van der Waals surface area contributed by atoms with E-state index in [1.807, 2.05) is 0 Å². The number of aromatic carboxylic acids is 1. The summed E-state index contributed by atoms with van der Waals surface area (Å²) in [5, 5.41) is 18.7. The number of nitro groups is 1. The molecule has 1 rings (SSSR count). The molecule has 15 heavy (non-hydrogen) atoms. The van der Waals surface area contributed by atoms with Crippen LogP contribution >= 0.6 is 0 Å². The monoisotopic (exact) mass is 214 g/mol. The number of carboxylic acid groups (broad SMARTS) is 1. The molecule has 0 aliphatic carbocycles. The van der Waals surface area contributed by atoms with Crippen LogP contribution in [0, 0.1) is 15.9 Å². The number of nitrogen functional groups attached to an aromatic ring is 1. The molecule has 0 amide bonds. The van der Waals surface area contributed by atoms with Gasteiger partial charge >= 0.3 is 5.97 Å². The topological polar surface area (TPSA) is 106 Å². The summed E-state index contributed by atoms with van der Waals surface area (Å²) in [6.45, 7) is -0.726. The van der Waals surface area contributed by atoms with E-state index in [0.29, 0.717) is 6.07 Å². The van der Waals surface area contributed by atoms with Crippen LogP contribution in [0.25, 0.3) is 0 Å². The van der Waals surface area contributed by atoms with Crippen molar-refractivity contribution >= 4 is 11.7 Å². The van der Waals surface area contributed by atoms with Crippen LogP contribution in [0.15, 0.2) is 12.1 Å². The molecule has 0 aliphatic rings. The van der Waals surface area contributed by atoms with Crippen molar-refractivity contribution in [2.45, 2.75) is 6.54 Å². The Morgan fingerprint density at radius 2 is 2.20 bits per heavy atom. The van der Waals surface area contributed by atoms with Crippen molar-refractivity contribution in [2.75, 3.05) is 5.73 Å². The lowest BCUT2D eigenvalue weighted by Gasteiger charge is -2.03. The molecule has 0 saturated heterocycles. The van der Waals surface area contributed by atoms with Crippen molar-refractivity contribution in [3.8, 4) is 0 Å². The van der Waals surface area contributed by atoms with Crippen LogP contribution < -0.4 is 5.73 Å². The van der Waals surface area contributed by atoms with Crippen molar-refractivity contribution in [1.29, 1.82) is 0 Å². The van der Waals surface area contributed by atoms with E-state index in [-0.39, 0.29) is 11.3 Å². The maximum absolute atomic E-state index is 13.1. The molecule has 0 aromatic heterocycles. The number of nitrogens with zero attached hydrogens (tertiary/aromatic N) is 1. The highest BCUT2D eigenvalue weighted by Crippen LogP contribution is 2.18. The Kier molecular flexibility index (Phi) is 2.84. The summed E-state index contributed by atoms with van der Waals surface area (Å²) in [6, 6.07) is 1.64. The molecule has 3 N–H and O–H groups in total. The first-order chi connectivity index (χ1) is 6.91. The van der Waals surface area contributed by atoms with Gasteiger partial charge in [0.2, 0.25) is 6.54 Å². The third-order valence-corrected chi connectivity index (χ3v) is 1.75. The predicted molar refractivity (Wildman–Crippen MR) is 48.5 cm³/mol. The number of nitrogens with two attached hydrogens (primary N) is 1. The molecule has 80 valence electrons. The number of benzene rings is 1. The Bertz CT molecular complexity index is 433. The van der Waals surface area contributed by atoms with Crippen LogP contribution in [-0.4, -0.2) is 16.0 Å². The normalized spacial score (nSPS) is 9.93. The van der Waals surface area contributed by atoms with Gasteiger partial charge in [-0.1, -0.05) is 0 Å². The van der Waals surface area contributed by atoms with E-state index >= 15 is 0 Å². The molecule has 0 aliphatic heterocycles. The number of hydrogen-bond acceptors (Lipinski definition) is 4. The van der Waals surface area contributed by atoms with Crippen molar-refractivity contribution in [2.24, 2.45) is 0 Å². The molecule has 0 spiro atoms. The van der Waals surface area contributed by atoms with Gasteiger partial charge in [0, 0.05) is 10.6 Å². The fraction of sp³-hybridized carbons (Fsp3) is 0.125. The predicted octanol–water partition coefficient (Wildman–Crippen LogP) is 0.883. The Labute approximate surface area is 83.3 Å². The van der Waals surface area contributed by atoms with E-state index in [1.54, 1.807) is 0 Å². The van der Waals surface area contributed by atoms with E-state index in [4.69, 9.17) is 10.8 Å². The molecule has 0 atom stereocenters. The fourth-order valence-electron chi connectivity index (χ4n) is 1.08. The summed E-state index contributed by atoms with van der Waals surface area (Å²) >= 11 is 0. The Balaban J connectivity index is 3.19. The van der Waals surface area contributed by atoms with Gasteiger partial charge in [0.25, 0.3) is 0 Å². The highest BCUT2D eigenvalue weighted by atomic mass is 19.1. The van der Waals surface area contributed by atoms with Gasteiger partial charge in [-0.25, -0.2) is 9.18 Å². The molecule has 6 nitrogen and oxygen atoms in total. The number of halogens is 1. The van der Waals surface area contributed by atoms with Crippen molar-refractivity contribution in [3.63, 3.8) is 0 Å². The molecule has 0 radical (unpaired) electrons. The zero-order valence-electron chi connectivity index (χ0n) is 7.44. The lowest BCUT2D eigenvalue weighted by molar-refractivity contribution is -0.497. The van der Waals surface area contributed by atoms with E-state index in [0.717, 1.165) is 6.07 Å². The molecular weight excluding hydrogens is 207 g/mol. The largest absolute Gasteiger partial charge is 0.478 e. The summed E-state index contributed by atoms with van der Waals surface area (Å²) < 4.78 is 13.1. The second-order valence-corrected chi connectivity index (χ2v) is 2.83. The highest BCUT2D eigenvalue weighted by molar-refractivity contribution is 5.93. The summed E-state index contributed by atoms with van der Waals surface area (Å²) in [7, 11) is 0. The van der Waals surface area contributed by atoms with Crippen molar-refractivity contribution in [1.82, 2.24) is 0 Å². The summed E-state index contributed by atoms with van der Waals surface area (Å²) in [6.07, 6.45) is 0. The first-order valence-electron chi connectivity index (χ1n) is 3.85. The Morgan fingerprint density at radius 1 is 1.60 bits per heavy atom. The van der Waals surface area contributed by atoms with Crippen molar-refractivity contribution < 1.29 is 19.2 Å². The van der Waals surface area contributed by atoms with Crippen LogP contribution in [0.5, 0.6) is 0 Å². The van der Waals surface area contributed by atoms with E-state index in [2.05, 4.69) is 0 Å². The zero-order valence-corrected chi connectivity index (χ0v) is 7.44. The standard InChI is InChI=1S/C8H7FN2O4/c9-6-2-5(8(12)13)7(10)1-4(6)3-11(14)15/h1-2H,3,10H2,(H,12,13). The van der Waals surface area contributed by atoms with Crippen LogP contribution in [0.3, 0.4) is 0 Å². The summed E-state index contributed by atoms with van der Waals surface area (Å²) in [5.41, 5.74) is 4.47. The third-order valence-electron chi connectivity index (χ3n) is 1.75. The minimum absolute atomic E-state index is 0.194. The van der Waals surface area contributed by atoms with Gasteiger partial charge in [-0.2, -0.15) is 0 Å². The van der Waals surface area contributed by atoms with Gasteiger partial charge in [-0.15, -0.1) is 0 Å². The number of hydrogen-bond donors (Lipinski definition) is 2. The lowest BCUT2D eigenvalue weighted by atomic mass is 10.1. The Morgan fingerprint density at radius 3 is 2.67 bits per heavy atom. The Hall–Kier alpha value is -2.18. The van der Waals surface area contributed by atoms with Crippen molar-refractivity contribution in [3.05, 3.63) is 39.2 Å². The molecular formula is C8H7FN2O4. The summed E-state index contributed by atoms with van der Waals surface area (Å²) in [4.78, 5) is 19.9. The highest BCUT2D eigenvalue weighted by Gasteiger charge is 2.15. The molecule has 0 saturated carbocycles.